The molecule has 88 valence electrons. The van der Waals surface area contributed by atoms with E-state index in [1.165, 1.54) is 6.42 Å². The molecule has 4 heteroatoms. The Balaban J connectivity index is 2.01. The molecule has 1 fully saturated rings. The van der Waals surface area contributed by atoms with Gasteiger partial charge in [0.05, 0.1) is 6.54 Å². The summed E-state index contributed by atoms with van der Waals surface area (Å²) in [6.45, 7) is 7.54. The summed E-state index contributed by atoms with van der Waals surface area (Å²) < 4.78 is 0. The van der Waals surface area contributed by atoms with E-state index >= 15 is 0 Å². The Kier molecular flexibility index (Phi) is 3.85. The lowest BCUT2D eigenvalue weighted by molar-refractivity contribution is 0.194. The molecule has 1 aliphatic rings. The van der Waals surface area contributed by atoms with Crippen LogP contribution in [0, 0.1) is 0 Å². The van der Waals surface area contributed by atoms with Crippen molar-refractivity contribution in [2.45, 2.75) is 38.9 Å². The highest BCUT2D eigenvalue weighted by atomic mass is 15.2. The second-order valence-electron chi connectivity index (χ2n) is 4.59. The van der Waals surface area contributed by atoms with Gasteiger partial charge in [0.2, 0.25) is 0 Å². The lowest BCUT2D eigenvalue weighted by atomic mass is 10.2. The Morgan fingerprint density at radius 1 is 1.38 bits per heavy atom. The molecular weight excluding hydrogens is 200 g/mol. The van der Waals surface area contributed by atoms with Crippen molar-refractivity contribution < 1.29 is 0 Å². The number of hydrogen-bond donors (Lipinski definition) is 1. The number of nitrogens with one attached hydrogen (secondary N) is 1. The van der Waals surface area contributed by atoms with E-state index in [1.54, 1.807) is 0 Å². The molecule has 2 rings (SSSR count). The van der Waals surface area contributed by atoms with Gasteiger partial charge in [-0.05, 0) is 32.9 Å². The van der Waals surface area contributed by atoms with E-state index in [9.17, 15) is 0 Å². The van der Waals surface area contributed by atoms with E-state index in [2.05, 4.69) is 34.0 Å². The van der Waals surface area contributed by atoms with E-state index < -0.39 is 0 Å². The largest absolute Gasteiger partial charge is 0.313 e. The Morgan fingerprint density at radius 2 is 2.12 bits per heavy atom. The minimum Gasteiger partial charge on any atom is -0.313 e. The van der Waals surface area contributed by atoms with Gasteiger partial charge in [0.15, 0.2) is 0 Å². The molecule has 0 aromatic carbocycles. The van der Waals surface area contributed by atoms with Gasteiger partial charge in [-0.2, -0.15) is 0 Å². The quantitative estimate of drug-likeness (QED) is 0.809. The first-order valence-electron chi connectivity index (χ1n) is 5.99. The van der Waals surface area contributed by atoms with E-state index in [-0.39, 0.29) is 0 Å². The summed E-state index contributed by atoms with van der Waals surface area (Å²) >= 11 is 0. The molecule has 0 aliphatic carbocycles. The minimum absolute atomic E-state index is 0.550. The number of hydrogen-bond acceptors (Lipinski definition) is 4. The van der Waals surface area contributed by atoms with Crippen LogP contribution < -0.4 is 5.32 Å². The fourth-order valence-corrected chi connectivity index (χ4v) is 2.13. The van der Waals surface area contributed by atoms with Crippen LogP contribution in [0.1, 0.15) is 26.1 Å². The zero-order chi connectivity index (χ0) is 11.4. The summed E-state index contributed by atoms with van der Waals surface area (Å²) in [5, 5.41) is 3.51. The average molecular weight is 220 g/mol. The molecule has 1 aromatic heterocycles. The summed E-state index contributed by atoms with van der Waals surface area (Å²) in [7, 11) is 0. The van der Waals surface area contributed by atoms with E-state index in [0.29, 0.717) is 12.1 Å². The molecule has 0 saturated carbocycles. The third-order valence-electron chi connectivity index (χ3n) is 3.15. The van der Waals surface area contributed by atoms with Crippen molar-refractivity contribution in [3.8, 4) is 0 Å². The zero-order valence-corrected chi connectivity index (χ0v) is 10.1. The van der Waals surface area contributed by atoms with Crippen LogP contribution in [-0.2, 0) is 6.54 Å². The first-order chi connectivity index (χ1) is 7.75. The molecule has 0 amide bonds. The Hall–Kier alpha value is -1.00. The molecular formula is C12H20N4. The summed E-state index contributed by atoms with van der Waals surface area (Å²) in [6, 6.07) is 3.01. The van der Waals surface area contributed by atoms with Crippen molar-refractivity contribution in [2.75, 3.05) is 13.1 Å². The molecule has 16 heavy (non-hydrogen) atoms. The van der Waals surface area contributed by atoms with Crippen molar-refractivity contribution in [1.82, 2.24) is 20.2 Å². The van der Waals surface area contributed by atoms with Crippen LogP contribution in [0.4, 0.5) is 0 Å². The molecule has 2 unspecified atom stereocenters. The number of nitrogens with zero attached hydrogens (tertiary/aromatic N) is 3. The second-order valence-corrected chi connectivity index (χ2v) is 4.59. The monoisotopic (exact) mass is 220 g/mol. The lowest BCUT2D eigenvalue weighted by Crippen LogP contribution is -2.38. The third kappa shape index (κ3) is 3.00. The molecule has 1 aliphatic heterocycles. The maximum atomic E-state index is 4.29. The van der Waals surface area contributed by atoms with Crippen molar-refractivity contribution in [3.63, 3.8) is 0 Å². The van der Waals surface area contributed by atoms with Crippen molar-refractivity contribution in [3.05, 3.63) is 24.3 Å². The van der Waals surface area contributed by atoms with Crippen LogP contribution in [-0.4, -0.2) is 40.0 Å². The Labute approximate surface area is 97.1 Å². The van der Waals surface area contributed by atoms with Crippen LogP contribution in [0.3, 0.4) is 0 Å². The van der Waals surface area contributed by atoms with Gasteiger partial charge in [-0.3, -0.25) is 4.90 Å². The summed E-state index contributed by atoms with van der Waals surface area (Å²) in [5.41, 5.74) is 0. The van der Waals surface area contributed by atoms with Crippen molar-refractivity contribution in [2.24, 2.45) is 0 Å². The van der Waals surface area contributed by atoms with E-state index in [4.69, 9.17) is 0 Å². The SMILES string of the molecule is CC1CN(Cc2ncccn2)C(C)CCN1. The minimum atomic E-state index is 0.550. The molecule has 4 nitrogen and oxygen atoms in total. The van der Waals surface area contributed by atoms with Gasteiger partial charge >= 0.3 is 0 Å². The van der Waals surface area contributed by atoms with Gasteiger partial charge in [0.1, 0.15) is 5.82 Å². The first kappa shape index (κ1) is 11.5. The predicted molar refractivity (Wildman–Crippen MR) is 64.0 cm³/mol. The second kappa shape index (κ2) is 5.37. The fraction of sp³-hybridized carbons (Fsp3) is 0.667. The van der Waals surface area contributed by atoms with Gasteiger partial charge < -0.3 is 5.32 Å². The molecule has 0 bridgehead atoms. The highest BCUT2D eigenvalue weighted by molar-refractivity contribution is 4.90. The fourth-order valence-electron chi connectivity index (χ4n) is 2.13. The zero-order valence-electron chi connectivity index (χ0n) is 10.1. The Morgan fingerprint density at radius 3 is 2.88 bits per heavy atom. The summed E-state index contributed by atoms with van der Waals surface area (Å²) in [6.07, 6.45) is 4.82. The van der Waals surface area contributed by atoms with Crippen LogP contribution in [0.25, 0.3) is 0 Å². The van der Waals surface area contributed by atoms with Crippen LogP contribution in [0.2, 0.25) is 0 Å². The van der Waals surface area contributed by atoms with Gasteiger partial charge in [-0.15, -0.1) is 0 Å². The van der Waals surface area contributed by atoms with Gasteiger partial charge in [0, 0.05) is 31.0 Å². The summed E-state index contributed by atoms with van der Waals surface area (Å²) in [5.74, 6) is 0.920. The van der Waals surface area contributed by atoms with Crippen LogP contribution in [0.5, 0.6) is 0 Å². The molecule has 1 saturated heterocycles. The standard InChI is InChI=1S/C12H20N4/c1-10-8-16(11(2)4-7-13-10)9-12-14-5-3-6-15-12/h3,5-6,10-11,13H,4,7-9H2,1-2H3. The molecule has 1 N–H and O–H groups in total. The first-order valence-corrected chi connectivity index (χ1v) is 5.99. The van der Waals surface area contributed by atoms with Crippen molar-refractivity contribution in [1.29, 1.82) is 0 Å². The third-order valence-corrected chi connectivity index (χ3v) is 3.15. The topological polar surface area (TPSA) is 41.1 Å². The summed E-state index contributed by atoms with van der Waals surface area (Å²) in [4.78, 5) is 11.0. The molecule has 1 aromatic rings. The Bertz CT molecular complexity index is 314. The predicted octanol–water partition coefficient (Wildman–Crippen LogP) is 1.05. The molecule has 2 atom stereocenters. The van der Waals surface area contributed by atoms with Gasteiger partial charge in [-0.1, -0.05) is 0 Å². The van der Waals surface area contributed by atoms with E-state index in [1.807, 2.05) is 18.5 Å². The van der Waals surface area contributed by atoms with Crippen LogP contribution in [0.15, 0.2) is 18.5 Å². The molecule has 0 spiro atoms. The highest BCUT2D eigenvalue weighted by Crippen LogP contribution is 2.11. The normalized spacial score (nSPS) is 27.6. The average Bonchev–Trinajstić information content (AvgIpc) is 2.43. The van der Waals surface area contributed by atoms with E-state index in [0.717, 1.165) is 25.5 Å². The van der Waals surface area contributed by atoms with Crippen LogP contribution >= 0.6 is 0 Å². The number of rotatable bonds is 2. The van der Waals surface area contributed by atoms with Crippen molar-refractivity contribution >= 4 is 0 Å². The maximum absolute atomic E-state index is 4.29. The van der Waals surface area contributed by atoms with Gasteiger partial charge in [0.25, 0.3) is 0 Å². The maximum Gasteiger partial charge on any atom is 0.142 e. The van der Waals surface area contributed by atoms with Gasteiger partial charge in [-0.25, -0.2) is 9.97 Å². The smallest absolute Gasteiger partial charge is 0.142 e. The molecule has 0 radical (unpaired) electrons. The number of aromatic nitrogens is 2. The highest BCUT2D eigenvalue weighted by Gasteiger charge is 2.20. The lowest BCUT2D eigenvalue weighted by Gasteiger charge is -2.27. The molecule has 2 heterocycles.